The fourth-order valence-corrected chi connectivity index (χ4v) is 3.31. The summed E-state index contributed by atoms with van der Waals surface area (Å²) in [6, 6.07) is 0. The molecule has 1 aromatic heterocycles. The second-order valence-electron chi connectivity index (χ2n) is 4.20. The first-order valence-electron chi connectivity index (χ1n) is 5.32. The van der Waals surface area contributed by atoms with Gasteiger partial charge in [-0.15, -0.1) is 0 Å². The molecule has 0 bridgehead atoms. The molecule has 1 N–H and O–H groups in total. The summed E-state index contributed by atoms with van der Waals surface area (Å²) in [6.45, 7) is 1.61. The van der Waals surface area contributed by atoms with Gasteiger partial charge in [0.25, 0.3) is 0 Å². The second-order valence-corrected chi connectivity index (χ2v) is 6.51. The van der Waals surface area contributed by atoms with Gasteiger partial charge in [0.1, 0.15) is 15.9 Å². The Bertz CT molecular complexity index is 449. The first-order chi connectivity index (χ1) is 7.48. The van der Waals surface area contributed by atoms with Crippen molar-refractivity contribution >= 4 is 9.84 Å². The number of rotatable bonds is 2. The van der Waals surface area contributed by atoms with Crippen LogP contribution in [-0.4, -0.2) is 30.0 Å². The molecule has 2 heterocycles. The molecule has 1 unspecified atom stereocenters. The highest BCUT2D eigenvalue weighted by atomic mass is 32.2. The summed E-state index contributed by atoms with van der Waals surface area (Å²) in [7, 11) is -2.85. The Balaban J connectivity index is 2.08. The lowest BCUT2D eigenvalue weighted by Gasteiger charge is -2.18. The SMILES string of the molecule is CC(O)c1cnc(C2CCS(=O)(=O)CC2)o1. The van der Waals surface area contributed by atoms with Crippen LogP contribution in [0.3, 0.4) is 0 Å². The van der Waals surface area contributed by atoms with Gasteiger partial charge in [-0.2, -0.15) is 0 Å². The summed E-state index contributed by atoms with van der Waals surface area (Å²) in [6.07, 6.45) is 1.95. The molecule has 5 nitrogen and oxygen atoms in total. The van der Waals surface area contributed by atoms with Crippen LogP contribution in [0.1, 0.15) is 43.4 Å². The summed E-state index contributed by atoms with van der Waals surface area (Å²) in [5, 5.41) is 9.29. The molecular weight excluding hydrogens is 230 g/mol. The highest BCUT2D eigenvalue weighted by Gasteiger charge is 2.28. The third kappa shape index (κ3) is 2.44. The van der Waals surface area contributed by atoms with Gasteiger partial charge in [-0.25, -0.2) is 13.4 Å². The minimum absolute atomic E-state index is 0.0658. The molecule has 16 heavy (non-hydrogen) atoms. The number of hydrogen-bond donors (Lipinski definition) is 1. The first kappa shape index (κ1) is 11.6. The minimum atomic E-state index is -2.85. The molecule has 1 atom stereocenters. The topological polar surface area (TPSA) is 80.4 Å². The molecule has 0 aliphatic carbocycles. The Kier molecular flexibility index (Phi) is 3.03. The maximum absolute atomic E-state index is 11.2. The van der Waals surface area contributed by atoms with E-state index in [4.69, 9.17) is 4.42 Å². The number of aromatic nitrogens is 1. The number of hydrogen-bond acceptors (Lipinski definition) is 5. The highest BCUT2D eigenvalue weighted by Crippen LogP contribution is 2.29. The predicted octanol–water partition coefficient (Wildman–Crippen LogP) is 1.02. The van der Waals surface area contributed by atoms with Crippen LogP contribution >= 0.6 is 0 Å². The Morgan fingerprint density at radius 1 is 1.50 bits per heavy atom. The maximum Gasteiger partial charge on any atom is 0.197 e. The Morgan fingerprint density at radius 2 is 2.12 bits per heavy atom. The van der Waals surface area contributed by atoms with Crippen molar-refractivity contribution in [3.05, 3.63) is 17.8 Å². The summed E-state index contributed by atoms with van der Waals surface area (Å²) in [5.74, 6) is 1.44. The Morgan fingerprint density at radius 3 is 2.62 bits per heavy atom. The average molecular weight is 245 g/mol. The molecule has 1 fully saturated rings. The van der Waals surface area contributed by atoms with Crippen LogP contribution in [-0.2, 0) is 9.84 Å². The summed E-state index contributed by atoms with van der Waals surface area (Å²) in [5.41, 5.74) is 0. The van der Waals surface area contributed by atoms with E-state index in [1.165, 1.54) is 6.20 Å². The van der Waals surface area contributed by atoms with Crippen LogP contribution in [0.5, 0.6) is 0 Å². The van der Waals surface area contributed by atoms with Gasteiger partial charge < -0.3 is 9.52 Å². The molecule has 0 saturated carbocycles. The van der Waals surface area contributed by atoms with Crippen molar-refractivity contribution in [2.24, 2.45) is 0 Å². The summed E-state index contributed by atoms with van der Waals surface area (Å²) in [4.78, 5) is 4.09. The zero-order valence-electron chi connectivity index (χ0n) is 9.09. The summed E-state index contributed by atoms with van der Waals surface area (Å²) >= 11 is 0. The lowest BCUT2D eigenvalue weighted by atomic mass is 10.0. The Hall–Kier alpha value is -0.880. The quantitative estimate of drug-likeness (QED) is 0.841. The molecule has 0 radical (unpaired) electrons. The third-order valence-corrected chi connectivity index (χ3v) is 4.57. The lowest BCUT2D eigenvalue weighted by molar-refractivity contribution is 0.165. The van der Waals surface area contributed by atoms with Crippen molar-refractivity contribution < 1.29 is 17.9 Å². The van der Waals surface area contributed by atoms with Crippen molar-refractivity contribution in [1.82, 2.24) is 4.98 Å². The van der Waals surface area contributed by atoms with E-state index < -0.39 is 15.9 Å². The molecule has 0 spiro atoms. The largest absolute Gasteiger partial charge is 0.443 e. The summed E-state index contributed by atoms with van der Waals surface area (Å²) < 4.78 is 27.9. The number of oxazole rings is 1. The molecule has 0 aromatic carbocycles. The third-order valence-electron chi connectivity index (χ3n) is 2.86. The van der Waals surface area contributed by atoms with Crippen LogP contribution in [0.4, 0.5) is 0 Å². The molecule has 0 amide bonds. The fraction of sp³-hybridized carbons (Fsp3) is 0.700. The second kappa shape index (κ2) is 4.18. The van der Waals surface area contributed by atoms with Gasteiger partial charge in [0.2, 0.25) is 0 Å². The maximum atomic E-state index is 11.2. The monoisotopic (exact) mass is 245 g/mol. The molecule has 1 aliphatic rings. The highest BCUT2D eigenvalue weighted by molar-refractivity contribution is 7.91. The average Bonchev–Trinajstić information content (AvgIpc) is 2.66. The van der Waals surface area contributed by atoms with Gasteiger partial charge in [0.05, 0.1) is 17.7 Å². The van der Waals surface area contributed by atoms with E-state index in [9.17, 15) is 13.5 Å². The Labute approximate surface area is 94.4 Å². The van der Waals surface area contributed by atoms with Gasteiger partial charge in [-0.3, -0.25) is 0 Å². The van der Waals surface area contributed by atoms with E-state index in [1.54, 1.807) is 6.92 Å². The van der Waals surface area contributed by atoms with Gasteiger partial charge in [-0.05, 0) is 19.8 Å². The lowest BCUT2D eigenvalue weighted by Crippen LogP contribution is -2.22. The van der Waals surface area contributed by atoms with Crippen LogP contribution in [0, 0.1) is 0 Å². The van der Waals surface area contributed by atoms with Gasteiger partial charge >= 0.3 is 0 Å². The normalized spacial score (nSPS) is 23.1. The molecular formula is C10H15NO4S. The van der Waals surface area contributed by atoms with Crippen LogP contribution in [0.25, 0.3) is 0 Å². The van der Waals surface area contributed by atoms with Gasteiger partial charge in [0.15, 0.2) is 11.7 Å². The molecule has 1 saturated heterocycles. The molecule has 1 aliphatic heterocycles. The van der Waals surface area contributed by atoms with E-state index in [0.29, 0.717) is 24.5 Å². The number of sulfone groups is 1. The van der Waals surface area contributed by atoms with Crippen LogP contribution in [0.2, 0.25) is 0 Å². The van der Waals surface area contributed by atoms with Crippen LogP contribution in [0.15, 0.2) is 10.6 Å². The standard InChI is InChI=1S/C10H15NO4S/c1-7(12)9-6-11-10(15-9)8-2-4-16(13,14)5-3-8/h6-8,12H,2-5H2,1H3. The molecule has 1 aromatic rings. The number of nitrogens with zero attached hydrogens (tertiary/aromatic N) is 1. The van der Waals surface area contributed by atoms with Crippen molar-refractivity contribution in [3.8, 4) is 0 Å². The van der Waals surface area contributed by atoms with E-state index in [2.05, 4.69) is 4.98 Å². The van der Waals surface area contributed by atoms with Gasteiger partial charge in [0, 0.05) is 5.92 Å². The van der Waals surface area contributed by atoms with Crippen molar-refractivity contribution in [2.75, 3.05) is 11.5 Å². The predicted molar refractivity (Wildman–Crippen MR) is 57.8 cm³/mol. The minimum Gasteiger partial charge on any atom is -0.443 e. The van der Waals surface area contributed by atoms with Crippen molar-refractivity contribution in [1.29, 1.82) is 0 Å². The number of aliphatic hydroxyl groups is 1. The molecule has 90 valence electrons. The zero-order chi connectivity index (χ0) is 11.8. The zero-order valence-corrected chi connectivity index (χ0v) is 9.90. The van der Waals surface area contributed by atoms with Gasteiger partial charge in [-0.1, -0.05) is 0 Å². The van der Waals surface area contributed by atoms with E-state index in [-0.39, 0.29) is 17.4 Å². The van der Waals surface area contributed by atoms with Crippen LogP contribution < -0.4 is 0 Å². The van der Waals surface area contributed by atoms with Crippen molar-refractivity contribution in [3.63, 3.8) is 0 Å². The first-order valence-corrected chi connectivity index (χ1v) is 7.14. The molecule has 2 rings (SSSR count). The van der Waals surface area contributed by atoms with Crippen molar-refractivity contribution in [2.45, 2.75) is 31.8 Å². The number of aliphatic hydroxyl groups excluding tert-OH is 1. The molecule has 6 heteroatoms. The smallest absolute Gasteiger partial charge is 0.197 e. The van der Waals surface area contributed by atoms with E-state index in [0.717, 1.165) is 0 Å². The van der Waals surface area contributed by atoms with E-state index in [1.807, 2.05) is 0 Å². The van der Waals surface area contributed by atoms with E-state index >= 15 is 0 Å². The fourth-order valence-electron chi connectivity index (χ4n) is 1.82.